The average Bonchev–Trinajstić information content (AvgIpc) is 3.00. The van der Waals surface area contributed by atoms with E-state index >= 15 is 0 Å². The minimum atomic E-state index is -0.108. The van der Waals surface area contributed by atoms with Crippen molar-refractivity contribution in [3.8, 4) is 11.1 Å². The largest absolute Gasteiger partial charge is 0.380 e. The number of fused-ring (bicyclic) bond motifs is 3. The van der Waals surface area contributed by atoms with Gasteiger partial charge in [0.05, 0.1) is 6.61 Å². The molecule has 3 nitrogen and oxygen atoms in total. The number of nitrogens with one attached hydrogen (secondary N) is 1. The van der Waals surface area contributed by atoms with Crippen LogP contribution in [0.4, 0.5) is 5.69 Å². The molecule has 1 N–H and O–H groups in total. The fraction of sp³-hybridized carbons (Fsp3) is 0.136. The summed E-state index contributed by atoms with van der Waals surface area (Å²) in [5.41, 5.74) is 7.50. The molecule has 0 unspecified atom stereocenters. The SMILES string of the molecule is COCc1ccccc1C(=O)Nc1ccc2c(c1)Cc1ccccc1-2. The first-order valence-corrected chi connectivity index (χ1v) is 8.35. The second-order valence-corrected chi connectivity index (χ2v) is 6.25. The van der Waals surface area contributed by atoms with Crippen LogP contribution < -0.4 is 5.32 Å². The molecular formula is C22H19NO2. The molecule has 0 saturated carbocycles. The van der Waals surface area contributed by atoms with E-state index in [1.54, 1.807) is 7.11 Å². The van der Waals surface area contributed by atoms with E-state index in [0.29, 0.717) is 12.2 Å². The molecule has 0 radical (unpaired) electrons. The Labute approximate surface area is 147 Å². The van der Waals surface area contributed by atoms with Crippen molar-refractivity contribution in [3.63, 3.8) is 0 Å². The maximum atomic E-state index is 12.7. The van der Waals surface area contributed by atoms with Crippen molar-refractivity contribution in [2.45, 2.75) is 13.0 Å². The summed E-state index contributed by atoms with van der Waals surface area (Å²) in [6.45, 7) is 0.420. The minimum absolute atomic E-state index is 0.108. The van der Waals surface area contributed by atoms with Gasteiger partial charge in [-0.3, -0.25) is 4.79 Å². The molecule has 124 valence electrons. The van der Waals surface area contributed by atoms with Gasteiger partial charge >= 0.3 is 0 Å². The van der Waals surface area contributed by atoms with E-state index in [1.165, 1.54) is 22.3 Å². The number of hydrogen-bond donors (Lipinski definition) is 1. The van der Waals surface area contributed by atoms with E-state index in [9.17, 15) is 4.79 Å². The number of amides is 1. The van der Waals surface area contributed by atoms with Crippen molar-refractivity contribution in [2.75, 3.05) is 12.4 Å². The molecule has 0 atom stereocenters. The zero-order chi connectivity index (χ0) is 17.2. The van der Waals surface area contributed by atoms with Crippen LogP contribution in [0, 0.1) is 0 Å². The van der Waals surface area contributed by atoms with E-state index in [0.717, 1.165) is 17.7 Å². The maximum absolute atomic E-state index is 12.7. The molecule has 1 aliphatic rings. The van der Waals surface area contributed by atoms with Crippen molar-refractivity contribution >= 4 is 11.6 Å². The number of carbonyl (C=O) groups is 1. The highest BCUT2D eigenvalue weighted by atomic mass is 16.5. The zero-order valence-corrected chi connectivity index (χ0v) is 14.1. The van der Waals surface area contributed by atoms with Gasteiger partial charge < -0.3 is 10.1 Å². The van der Waals surface area contributed by atoms with Crippen LogP contribution in [0.25, 0.3) is 11.1 Å². The number of anilines is 1. The highest BCUT2D eigenvalue weighted by Gasteiger charge is 2.18. The molecule has 0 saturated heterocycles. The van der Waals surface area contributed by atoms with Crippen LogP contribution >= 0.6 is 0 Å². The maximum Gasteiger partial charge on any atom is 0.256 e. The lowest BCUT2D eigenvalue weighted by Crippen LogP contribution is -2.14. The zero-order valence-electron chi connectivity index (χ0n) is 14.1. The summed E-state index contributed by atoms with van der Waals surface area (Å²) in [4.78, 5) is 12.7. The Morgan fingerprint density at radius 1 is 0.960 bits per heavy atom. The molecule has 25 heavy (non-hydrogen) atoms. The van der Waals surface area contributed by atoms with Crippen molar-refractivity contribution in [2.24, 2.45) is 0 Å². The second kappa shape index (κ2) is 6.54. The summed E-state index contributed by atoms with van der Waals surface area (Å²) in [5, 5.41) is 3.02. The van der Waals surface area contributed by atoms with Gasteiger partial charge in [0.1, 0.15) is 0 Å². The van der Waals surface area contributed by atoms with Crippen LogP contribution in [-0.2, 0) is 17.8 Å². The van der Waals surface area contributed by atoms with Crippen LogP contribution in [0.3, 0.4) is 0 Å². The number of benzene rings is 3. The number of methoxy groups -OCH3 is 1. The third-order valence-electron chi connectivity index (χ3n) is 4.61. The third-order valence-corrected chi connectivity index (χ3v) is 4.61. The monoisotopic (exact) mass is 329 g/mol. The minimum Gasteiger partial charge on any atom is -0.380 e. The van der Waals surface area contributed by atoms with Gasteiger partial charge in [-0.05, 0) is 52.4 Å². The summed E-state index contributed by atoms with van der Waals surface area (Å²) in [7, 11) is 1.63. The highest BCUT2D eigenvalue weighted by molar-refractivity contribution is 6.05. The lowest BCUT2D eigenvalue weighted by molar-refractivity contribution is 0.102. The quantitative estimate of drug-likeness (QED) is 0.591. The molecule has 3 aromatic rings. The molecule has 0 heterocycles. The Balaban J connectivity index is 1.59. The Bertz CT molecular complexity index is 946. The molecule has 0 spiro atoms. The summed E-state index contributed by atoms with van der Waals surface area (Å²) < 4.78 is 5.19. The topological polar surface area (TPSA) is 38.3 Å². The van der Waals surface area contributed by atoms with Crippen LogP contribution in [0.15, 0.2) is 66.7 Å². The van der Waals surface area contributed by atoms with E-state index in [2.05, 4.69) is 41.7 Å². The van der Waals surface area contributed by atoms with Gasteiger partial charge in [0.2, 0.25) is 0 Å². The number of carbonyl (C=O) groups excluding carboxylic acids is 1. The first-order chi connectivity index (χ1) is 12.3. The van der Waals surface area contributed by atoms with Crippen molar-refractivity contribution < 1.29 is 9.53 Å². The van der Waals surface area contributed by atoms with Gasteiger partial charge in [0.25, 0.3) is 5.91 Å². The summed E-state index contributed by atoms with van der Waals surface area (Å²) in [6.07, 6.45) is 0.912. The number of ether oxygens (including phenoxy) is 1. The Kier molecular flexibility index (Phi) is 4.08. The first kappa shape index (κ1) is 15.6. The highest BCUT2D eigenvalue weighted by Crippen LogP contribution is 2.37. The van der Waals surface area contributed by atoms with Crippen LogP contribution in [0.1, 0.15) is 27.0 Å². The smallest absolute Gasteiger partial charge is 0.256 e. The summed E-state index contributed by atoms with van der Waals surface area (Å²) in [5.74, 6) is -0.108. The van der Waals surface area contributed by atoms with Crippen LogP contribution in [0.2, 0.25) is 0 Å². The second-order valence-electron chi connectivity index (χ2n) is 6.25. The molecule has 3 aromatic carbocycles. The van der Waals surface area contributed by atoms with Crippen molar-refractivity contribution in [1.29, 1.82) is 0 Å². The molecule has 0 bridgehead atoms. The van der Waals surface area contributed by atoms with Crippen molar-refractivity contribution in [1.82, 2.24) is 0 Å². The van der Waals surface area contributed by atoms with Gasteiger partial charge in [-0.15, -0.1) is 0 Å². The molecule has 3 heteroatoms. The lowest BCUT2D eigenvalue weighted by Gasteiger charge is -2.11. The third kappa shape index (κ3) is 2.94. The standard InChI is InChI=1S/C22H19NO2/c1-25-14-16-7-3-5-9-21(16)22(24)23-18-10-11-20-17(13-18)12-15-6-2-4-8-19(15)20/h2-11,13H,12,14H2,1H3,(H,23,24). The number of rotatable bonds is 4. The summed E-state index contributed by atoms with van der Waals surface area (Å²) >= 11 is 0. The predicted octanol–water partition coefficient (Wildman–Crippen LogP) is 4.66. The Morgan fingerprint density at radius 3 is 2.60 bits per heavy atom. The molecule has 4 rings (SSSR count). The van der Waals surface area contributed by atoms with Gasteiger partial charge in [-0.2, -0.15) is 0 Å². The molecule has 1 amide bonds. The lowest BCUT2D eigenvalue weighted by atomic mass is 10.0. The Hall–Kier alpha value is -2.91. The predicted molar refractivity (Wildman–Crippen MR) is 99.8 cm³/mol. The van der Waals surface area contributed by atoms with Crippen LogP contribution in [-0.4, -0.2) is 13.0 Å². The number of hydrogen-bond acceptors (Lipinski definition) is 2. The van der Waals surface area contributed by atoms with Gasteiger partial charge in [-0.1, -0.05) is 48.5 Å². The Morgan fingerprint density at radius 2 is 1.72 bits per heavy atom. The molecular weight excluding hydrogens is 310 g/mol. The van der Waals surface area contributed by atoms with E-state index in [-0.39, 0.29) is 5.91 Å². The van der Waals surface area contributed by atoms with E-state index < -0.39 is 0 Å². The molecule has 0 aromatic heterocycles. The first-order valence-electron chi connectivity index (χ1n) is 8.35. The van der Waals surface area contributed by atoms with E-state index in [1.807, 2.05) is 30.3 Å². The van der Waals surface area contributed by atoms with Gasteiger partial charge in [-0.25, -0.2) is 0 Å². The van der Waals surface area contributed by atoms with E-state index in [4.69, 9.17) is 4.74 Å². The van der Waals surface area contributed by atoms with Gasteiger partial charge in [0, 0.05) is 18.4 Å². The summed E-state index contributed by atoms with van der Waals surface area (Å²) in [6, 6.07) is 22.1. The molecule has 1 aliphatic carbocycles. The van der Waals surface area contributed by atoms with Gasteiger partial charge in [0.15, 0.2) is 0 Å². The van der Waals surface area contributed by atoms with Crippen LogP contribution in [0.5, 0.6) is 0 Å². The average molecular weight is 329 g/mol. The van der Waals surface area contributed by atoms with Crippen molar-refractivity contribution in [3.05, 3.63) is 89.0 Å². The fourth-order valence-electron chi connectivity index (χ4n) is 3.44. The molecule has 0 fully saturated rings. The fourth-order valence-corrected chi connectivity index (χ4v) is 3.44. The normalized spacial score (nSPS) is 11.7. The molecule has 0 aliphatic heterocycles.